The molecule has 0 bridgehead atoms. The topological polar surface area (TPSA) is 63.6 Å². The normalized spacial score (nSPS) is 31.5. The van der Waals surface area contributed by atoms with Crippen molar-refractivity contribution in [3.8, 4) is 0 Å². The molecule has 4 nitrogen and oxygen atoms in total. The van der Waals surface area contributed by atoms with E-state index in [4.69, 9.17) is 21.4 Å². The van der Waals surface area contributed by atoms with Crippen LogP contribution in [0.25, 0.3) is 0 Å². The van der Waals surface area contributed by atoms with Gasteiger partial charge in [0, 0.05) is 11.8 Å². The maximum absolute atomic E-state index is 11.1. The van der Waals surface area contributed by atoms with Gasteiger partial charge in [-0.2, -0.15) is 0 Å². The van der Waals surface area contributed by atoms with Crippen LogP contribution in [0.1, 0.15) is 13.8 Å². The zero-order valence-electron chi connectivity index (χ0n) is 7.41. The highest BCUT2D eigenvalue weighted by molar-refractivity contribution is 6.18. The van der Waals surface area contributed by atoms with Crippen LogP contribution >= 0.6 is 11.6 Å². The van der Waals surface area contributed by atoms with Crippen LogP contribution in [-0.2, 0) is 14.3 Å². The Labute approximate surface area is 80.8 Å². The summed E-state index contributed by atoms with van der Waals surface area (Å²) < 4.78 is 4.92. The van der Waals surface area contributed by atoms with E-state index in [0.717, 1.165) is 0 Å². The molecule has 1 saturated heterocycles. The molecule has 2 atom stereocenters. The van der Waals surface area contributed by atoms with Gasteiger partial charge in [-0.15, -0.1) is 11.6 Å². The predicted octanol–water partition coefficient (Wildman–Crippen LogP) is 0.878. The number of rotatable bonds is 2. The van der Waals surface area contributed by atoms with E-state index in [1.165, 1.54) is 0 Å². The first kappa shape index (κ1) is 10.3. The fraction of sp³-hybridized carbons (Fsp3) is 0.750. The minimum Gasteiger partial charge on any atom is -0.481 e. The Bertz CT molecular complexity index is 249. The van der Waals surface area contributed by atoms with Crippen molar-refractivity contribution in [2.45, 2.75) is 19.4 Å². The van der Waals surface area contributed by atoms with Crippen molar-refractivity contribution in [2.75, 3.05) is 5.88 Å². The Morgan fingerprint density at radius 3 is 2.54 bits per heavy atom. The second-order valence-corrected chi connectivity index (χ2v) is 3.91. The quantitative estimate of drug-likeness (QED) is 0.414. The summed E-state index contributed by atoms with van der Waals surface area (Å²) in [6.07, 6.45) is 0. The lowest BCUT2D eigenvalue weighted by Gasteiger charge is -2.23. The number of cyclic esters (lactones) is 1. The SMILES string of the molecule is CC1(C)OC(=O)C(C(=O)O)C1CCl. The molecular formula is C8H11ClO4. The lowest BCUT2D eigenvalue weighted by Crippen LogP contribution is -2.34. The van der Waals surface area contributed by atoms with Gasteiger partial charge in [0.25, 0.3) is 0 Å². The van der Waals surface area contributed by atoms with E-state index in [1.807, 2.05) is 0 Å². The zero-order chi connectivity index (χ0) is 10.2. The summed E-state index contributed by atoms with van der Waals surface area (Å²) in [6.45, 7) is 3.34. The van der Waals surface area contributed by atoms with E-state index in [9.17, 15) is 9.59 Å². The number of esters is 1. The van der Waals surface area contributed by atoms with Crippen LogP contribution in [-0.4, -0.2) is 28.5 Å². The summed E-state index contributed by atoms with van der Waals surface area (Å²) in [5.41, 5.74) is -0.776. The van der Waals surface area contributed by atoms with Crippen LogP contribution in [0.15, 0.2) is 0 Å². The Morgan fingerprint density at radius 2 is 2.23 bits per heavy atom. The molecule has 1 N–H and O–H groups in total. The highest BCUT2D eigenvalue weighted by Crippen LogP contribution is 2.37. The summed E-state index contributed by atoms with van der Waals surface area (Å²) in [5, 5.41) is 8.76. The van der Waals surface area contributed by atoms with Crippen molar-refractivity contribution in [2.24, 2.45) is 11.8 Å². The molecule has 0 radical (unpaired) electrons. The van der Waals surface area contributed by atoms with E-state index in [-0.39, 0.29) is 5.88 Å². The number of carbonyl (C=O) groups excluding carboxylic acids is 1. The summed E-state index contributed by atoms with van der Waals surface area (Å²) in [4.78, 5) is 21.8. The molecule has 0 aromatic heterocycles. The van der Waals surface area contributed by atoms with E-state index in [0.29, 0.717) is 0 Å². The van der Waals surface area contributed by atoms with Crippen molar-refractivity contribution >= 4 is 23.5 Å². The first-order valence-corrected chi connectivity index (χ1v) is 4.45. The van der Waals surface area contributed by atoms with Crippen LogP contribution in [0.5, 0.6) is 0 Å². The fourth-order valence-electron chi connectivity index (χ4n) is 1.51. The monoisotopic (exact) mass is 206 g/mol. The lowest BCUT2D eigenvalue weighted by atomic mass is 9.85. The van der Waals surface area contributed by atoms with Gasteiger partial charge >= 0.3 is 11.9 Å². The van der Waals surface area contributed by atoms with Crippen LogP contribution in [0.2, 0.25) is 0 Å². The standard InChI is InChI=1S/C8H11ClO4/c1-8(2)4(3-9)5(6(10)11)7(12)13-8/h4-5H,3H2,1-2H3,(H,10,11). The van der Waals surface area contributed by atoms with Crippen LogP contribution in [0.3, 0.4) is 0 Å². The number of alkyl halides is 1. The molecule has 1 heterocycles. The van der Waals surface area contributed by atoms with E-state index in [2.05, 4.69) is 0 Å². The van der Waals surface area contributed by atoms with Crippen molar-refractivity contribution < 1.29 is 19.4 Å². The van der Waals surface area contributed by atoms with Gasteiger partial charge in [0.15, 0.2) is 5.92 Å². The molecule has 13 heavy (non-hydrogen) atoms. The van der Waals surface area contributed by atoms with Gasteiger partial charge in [-0.3, -0.25) is 9.59 Å². The van der Waals surface area contributed by atoms with Crippen LogP contribution in [0, 0.1) is 11.8 Å². The molecule has 0 amide bonds. The van der Waals surface area contributed by atoms with Crippen LogP contribution < -0.4 is 0 Å². The minimum absolute atomic E-state index is 0.107. The van der Waals surface area contributed by atoms with E-state index >= 15 is 0 Å². The molecule has 0 aromatic carbocycles. The molecule has 0 saturated carbocycles. The smallest absolute Gasteiger partial charge is 0.321 e. The third-order valence-corrected chi connectivity index (χ3v) is 2.68. The largest absolute Gasteiger partial charge is 0.481 e. The molecule has 0 aromatic rings. The summed E-state index contributed by atoms with van der Waals surface area (Å²) in [6, 6.07) is 0. The van der Waals surface area contributed by atoms with Gasteiger partial charge < -0.3 is 9.84 Å². The first-order chi connectivity index (χ1) is 5.90. The minimum atomic E-state index is -1.17. The molecule has 0 aliphatic carbocycles. The molecule has 1 aliphatic heterocycles. The third-order valence-electron chi connectivity index (χ3n) is 2.35. The van der Waals surface area contributed by atoms with Gasteiger partial charge in [-0.25, -0.2) is 0 Å². The molecule has 2 unspecified atom stereocenters. The Kier molecular flexibility index (Phi) is 2.52. The molecule has 1 fully saturated rings. The number of hydrogen-bond acceptors (Lipinski definition) is 3. The summed E-state index contributed by atoms with van der Waals surface area (Å²) >= 11 is 5.60. The van der Waals surface area contributed by atoms with Crippen LogP contribution in [0.4, 0.5) is 0 Å². The number of hydrogen-bond donors (Lipinski definition) is 1. The third kappa shape index (κ3) is 1.63. The predicted molar refractivity (Wildman–Crippen MR) is 45.5 cm³/mol. The molecule has 0 spiro atoms. The van der Waals surface area contributed by atoms with Crippen molar-refractivity contribution in [1.82, 2.24) is 0 Å². The Hall–Kier alpha value is -0.770. The highest BCUT2D eigenvalue weighted by atomic mass is 35.5. The van der Waals surface area contributed by atoms with E-state index in [1.54, 1.807) is 13.8 Å². The number of ether oxygens (including phenoxy) is 1. The number of carboxylic acids is 1. The number of halogens is 1. The Balaban J connectivity index is 2.96. The molecule has 5 heteroatoms. The fourth-order valence-corrected chi connectivity index (χ4v) is 2.06. The second kappa shape index (κ2) is 3.18. The number of carboxylic acid groups (broad SMARTS) is 1. The molecule has 74 valence electrons. The zero-order valence-corrected chi connectivity index (χ0v) is 8.17. The highest BCUT2D eigenvalue weighted by Gasteiger charge is 2.53. The van der Waals surface area contributed by atoms with Crippen molar-refractivity contribution in [1.29, 1.82) is 0 Å². The number of carbonyl (C=O) groups is 2. The average molecular weight is 207 g/mol. The Morgan fingerprint density at radius 1 is 1.69 bits per heavy atom. The van der Waals surface area contributed by atoms with Gasteiger partial charge in [0.05, 0.1) is 0 Å². The lowest BCUT2D eigenvalue weighted by molar-refractivity contribution is -0.154. The van der Waals surface area contributed by atoms with Gasteiger partial charge in [-0.05, 0) is 13.8 Å². The number of aliphatic carboxylic acids is 1. The van der Waals surface area contributed by atoms with E-state index < -0.39 is 29.4 Å². The van der Waals surface area contributed by atoms with Gasteiger partial charge in [-0.1, -0.05) is 0 Å². The molecule has 1 rings (SSSR count). The average Bonchev–Trinajstić information content (AvgIpc) is 2.18. The first-order valence-electron chi connectivity index (χ1n) is 3.91. The van der Waals surface area contributed by atoms with Crippen molar-refractivity contribution in [3.05, 3.63) is 0 Å². The maximum atomic E-state index is 11.1. The molecular weight excluding hydrogens is 196 g/mol. The van der Waals surface area contributed by atoms with Crippen molar-refractivity contribution in [3.63, 3.8) is 0 Å². The molecule has 1 aliphatic rings. The van der Waals surface area contributed by atoms with Gasteiger partial charge in [0.2, 0.25) is 0 Å². The van der Waals surface area contributed by atoms with Gasteiger partial charge in [0.1, 0.15) is 5.60 Å². The second-order valence-electron chi connectivity index (χ2n) is 3.60. The summed E-state index contributed by atoms with van der Waals surface area (Å²) in [5.74, 6) is -3.33. The summed E-state index contributed by atoms with van der Waals surface area (Å²) in [7, 11) is 0. The maximum Gasteiger partial charge on any atom is 0.321 e.